The molecule has 0 unspecified atom stereocenters. The molecular formula is C14H24N4O. The molecule has 19 heavy (non-hydrogen) atoms. The lowest BCUT2D eigenvalue weighted by Crippen LogP contribution is -2.31. The maximum Gasteiger partial charge on any atom is 0.158 e. The van der Waals surface area contributed by atoms with Crippen LogP contribution in [0, 0.1) is 0 Å². The minimum absolute atomic E-state index is 0.169. The Hall–Kier alpha value is -1.36. The molecule has 1 aliphatic carbocycles. The van der Waals surface area contributed by atoms with E-state index >= 15 is 0 Å². The molecule has 0 bridgehead atoms. The van der Waals surface area contributed by atoms with Gasteiger partial charge in [-0.05, 0) is 26.7 Å². The number of hydrogen-bond acceptors (Lipinski definition) is 5. The monoisotopic (exact) mass is 264 g/mol. The van der Waals surface area contributed by atoms with Crippen molar-refractivity contribution in [3.8, 4) is 0 Å². The molecule has 1 aromatic heterocycles. The minimum atomic E-state index is 0.169. The lowest BCUT2D eigenvalue weighted by atomic mass is 10.0. The van der Waals surface area contributed by atoms with Crippen LogP contribution in [0.25, 0.3) is 0 Å². The van der Waals surface area contributed by atoms with Gasteiger partial charge in [0.15, 0.2) is 5.82 Å². The predicted octanol–water partition coefficient (Wildman–Crippen LogP) is 2.80. The smallest absolute Gasteiger partial charge is 0.158 e. The van der Waals surface area contributed by atoms with Gasteiger partial charge >= 0.3 is 0 Å². The molecule has 5 heteroatoms. The summed E-state index contributed by atoms with van der Waals surface area (Å²) >= 11 is 0. The van der Waals surface area contributed by atoms with Gasteiger partial charge in [-0.15, -0.1) is 0 Å². The number of ether oxygens (including phenoxy) is 1. The van der Waals surface area contributed by atoms with Crippen LogP contribution in [0.3, 0.4) is 0 Å². The third kappa shape index (κ3) is 3.80. The van der Waals surface area contributed by atoms with E-state index in [4.69, 9.17) is 4.74 Å². The Balaban J connectivity index is 2.14. The van der Waals surface area contributed by atoms with Crippen LogP contribution in [0.5, 0.6) is 0 Å². The van der Waals surface area contributed by atoms with Crippen LogP contribution in [-0.2, 0) is 11.3 Å². The fraction of sp³-hybridized carbons (Fsp3) is 0.714. The van der Waals surface area contributed by atoms with Crippen LogP contribution >= 0.6 is 0 Å². The summed E-state index contributed by atoms with van der Waals surface area (Å²) in [6.07, 6.45) is 4.98. The highest BCUT2D eigenvalue weighted by atomic mass is 16.5. The number of anilines is 2. The second kappa shape index (κ2) is 6.19. The van der Waals surface area contributed by atoms with Crippen LogP contribution in [-0.4, -0.2) is 29.2 Å². The first-order chi connectivity index (χ1) is 9.15. The quantitative estimate of drug-likeness (QED) is 0.827. The van der Waals surface area contributed by atoms with E-state index in [1.807, 2.05) is 20.0 Å². The van der Waals surface area contributed by atoms with Gasteiger partial charge in [-0.3, -0.25) is 0 Å². The van der Waals surface area contributed by atoms with Crippen molar-refractivity contribution >= 4 is 11.6 Å². The number of rotatable bonds is 6. The van der Waals surface area contributed by atoms with Gasteiger partial charge in [-0.25, -0.2) is 9.97 Å². The molecule has 1 fully saturated rings. The summed E-state index contributed by atoms with van der Waals surface area (Å²) in [5.74, 6) is 2.44. The number of nitrogens with one attached hydrogen (secondary N) is 2. The average Bonchev–Trinajstić information content (AvgIpc) is 2.82. The van der Waals surface area contributed by atoms with E-state index in [1.165, 1.54) is 25.7 Å². The fourth-order valence-corrected chi connectivity index (χ4v) is 2.54. The normalized spacial score (nSPS) is 17.4. The van der Waals surface area contributed by atoms with Crippen molar-refractivity contribution < 1.29 is 4.74 Å². The van der Waals surface area contributed by atoms with Crippen LogP contribution in [0.1, 0.15) is 45.4 Å². The standard InChI is InChI=1S/C14H24N4O/c1-4-19-10-13-16-11(15-3)9-12(17-13)18-14(2)7-5-6-8-14/h9H,4-8,10H2,1-3H3,(H2,15,16,17,18). The van der Waals surface area contributed by atoms with E-state index in [2.05, 4.69) is 27.5 Å². The van der Waals surface area contributed by atoms with Crippen molar-refractivity contribution in [3.63, 3.8) is 0 Å². The summed E-state index contributed by atoms with van der Waals surface area (Å²) in [4.78, 5) is 8.94. The van der Waals surface area contributed by atoms with Gasteiger partial charge in [0.25, 0.3) is 0 Å². The molecule has 2 rings (SSSR count). The maximum atomic E-state index is 5.39. The summed E-state index contributed by atoms with van der Waals surface area (Å²) in [7, 11) is 1.87. The predicted molar refractivity (Wildman–Crippen MR) is 77.4 cm³/mol. The fourth-order valence-electron chi connectivity index (χ4n) is 2.54. The summed E-state index contributed by atoms with van der Waals surface area (Å²) in [6.45, 7) is 5.37. The number of aromatic nitrogens is 2. The third-order valence-corrected chi connectivity index (χ3v) is 3.60. The highest BCUT2D eigenvalue weighted by Crippen LogP contribution is 2.32. The molecule has 106 valence electrons. The van der Waals surface area contributed by atoms with E-state index in [1.54, 1.807) is 0 Å². The zero-order valence-electron chi connectivity index (χ0n) is 12.1. The summed E-state index contributed by atoms with van der Waals surface area (Å²) in [5, 5.41) is 6.64. The molecule has 0 spiro atoms. The third-order valence-electron chi connectivity index (χ3n) is 3.60. The van der Waals surface area contributed by atoms with Crippen molar-refractivity contribution in [1.29, 1.82) is 0 Å². The van der Waals surface area contributed by atoms with E-state index in [-0.39, 0.29) is 5.54 Å². The van der Waals surface area contributed by atoms with E-state index in [9.17, 15) is 0 Å². The summed E-state index contributed by atoms with van der Waals surface area (Å²) in [6, 6.07) is 1.96. The Morgan fingerprint density at radius 3 is 2.58 bits per heavy atom. The molecule has 5 nitrogen and oxygen atoms in total. The minimum Gasteiger partial charge on any atom is -0.374 e. The van der Waals surface area contributed by atoms with Gasteiger partial charge < -0.3 is 15.4 Å². The molecule has 0 aromatic carbocycles. The molecule has 0 atom stereocenters. The first kappa shape index (κ1) is 14.1. The Labute approximate surface area is 115 Å². The first-order valence-electron chi connectivity index (χ1n) is 7.07. The van der Waals surface area contributed by atoms with Crippen molar-refractivity contribution in [3.05, 3.63) is 11.9 Å². The molecule has 1 aliphatic rings. The van der Waals surface area contributed by atoms with Crippen molar-refractivity contribution in [2.45, 2.75) is 51.7 Å². The molecule has 0 aliphatic heterocycles. The molecule has 2 N–H and O–H groups in total. The second-order valence-electron chi connectivity index (χ2n) is 5.33. The lowest BCUT2D eigenvalue weighted by Gasteiger charge is -2.26. The maximum absolute atomic E-state index is 5.39. The van der Waals surface area contributed by atoms with Crippen LogP contribution in [0.15, 0.2) is 6.07 Å². The highest BCUT2D eigenvalue weighted by molar-refractivity contribution is 5.48. The SMILES string of the molecule is CCOCc1nc(NC)cc(NC2(C)CCCC2)n1. The molecule has 1 heterocycles. The van der Waals surface area contributed by atoms with Gasteiger partial charge in [-0.2, -0.15) is 0 Å². The van der Waals surface area contributed by atoms with Crippen molar-refractivity contribution in [1.82, 2.24) is 9.97 Å². The Kier molecular flexibility index (Phi) is 4.58. The largest absolute Gasteiger partial charge is 0.374 e. The molecule has 0 amide bonds. The topological polar surface area (TPSA) is 59.1 Å². The Morgan fingerprint density at radius 1 is 1.26 bits per heavy atom. The van der Waals surface area contributed by atoms with Gasteiger partial charge in [0.05, 0.1) is 0 Å². The van der Waals surface area contributed by atoms with Crippen molar-refractivity contribution in [2.75, 3.05) is 24.3 Å². The van der Waals surface area contributed by atoms with E-state index < -0.39 is 0 Å². The zero-order chi connectivity index (χ0) is 13.7. The number of hydrogen-bond donors (Lipinski definition) is 2. The Morgan fingerprint density at radius 2 is 1.95 bits per heavy atom. The van der Waals surface area contributed by atoms with Gasteiger partial charge in [0.1, 0.15) is 18.2 Å². The second-order valence-corrected chi connectivity index (χ2v) is 5.33. The van der Waals surface area contributed by atoms with Crippen LogP contribution < -0.4 is 10.6 Å². The molecule has 0 radical (unpaired) electrons. The number of nitrogens with zero attached hydrogens (tertiary/aromatic N) is 2. The molecular weight excluding hydrogens is 240 g/mol. The molecule has 1 saturated carbocycles. The zero-order valence-corrected chi connectivity index (χ0v) is 12.1. The van der Waals surface area contributed by atoms with Gasteiger partial charge in [-0.1, -0.05) is 12.8 Å². The van der Waals surface area contributed by atoms with E-state index in [0.717, 1.165) is 17.5 Å². The lowest BCUT2D eigenvalue weighted by molar-refractivity contribution is 0.128. The molecule has 0 saturated heterocycles. The van der Waals surface area contributed by atoms with Crippen LogP contribution in [0.4, 0.5) is 11.6 Å². The van der Waals surface area contributed by atoms with E-state index in [0.29, 0.717) is 13.2 Å². The van der Waals surface area contributed by atoms with Gasteiger partial charge in [0, 0.05) is 25.3 Å². The highest BCUT2D eigenvalue weighted by Gasteiger charge is 2.28. The average molecular weight is 264 g/mol. The first-order valence-corrected chi connectivity index (χ1v) is 7.07. The van der Waals surface area contributed by atoms with Crippen molar-refractivity contribution in [2.24, 2.45) is 0 Å². The summed E-state index contributed by atoms with van der Waals surface area (Å²) in [5.41, 5.74) is 0.169. The molecule has 1 aromatic rings. The van der Waals surface area contributed by atoms with Crippen LogP contribution in [0.2, 0.25) is 0 Å². The summed E-state index contributed by atoms with van der Waals surface area (Å²) < 4.78 is 5.39. The Bertz CT molecular complexity index is 416. The van der Waals surface area contributed by atoms with Gasteiger partial charge in [0.2, 0.25) is 0 Å².